The Morgan fingerprint density at radius 2 is 1.81 bits per heavy atom. The summed E-state index contributed by atoms with van der Waals surface area (Å²) in [6.07, 6.45) is -4.39. The molecule has 0 amide bonds. The van der Waals surface area contributed by atoms with Gasteiger partial charge < -0.3 is 10.6 Å². The number of anilines is 2. The van der Waals surface area contributed by atoms with E-state index in [2.05, 4.69) is 4.98 Å². The molecule has 16 heavy (non-hydrogen) atoms. The summed E-state index contributed by atoms with van der Waals surface area (Å²) in [7, 11) is 0. The predicted molar refractivity (Wildman–Crippen MR) is 57.2 cm³/mol. The topological polar surface area (TPSA) is 42.1 Å². The normalized spacial score (nSPS) is 11.6. The molecule has 0 aliphatic carbocycles. The van der Waals surface area contributed by atoms with Crippen LogP contribution >= 0.6 is 0 Å². The fourth-order valence-corrected chi connectivity index (χ4v) is 1.41. The van der Waals surface area contributed by atoms with Gasteiger partial charge in [-0.25, -0.2) is 4.98 Å². The highest BCUT2D eigenvalue weighted by atomic mass is 19.4. The van der Waals surface area contributed by atoms with Crippen LogP contribution in [-0.2, 0) is 6.18 Å². The van der Waals surface area contributed by atoms with E-state index >= 15 is 0 Å². The van der Waals surface area contributed by atoms with E-state index in [1.165, 1.54) is 0 Å². The van der Waals surface area contributed by atoms with Crippen LogP contribution in [0.15, 0.2) is 12.1 Å². The number of nitrogen functional groups attached to an aromatic ring is 1. The molecule has 3 nitrogen and oxygen atoms in total. The quantitative estimate of drug-likeness (QED) is 0.872. The molecule has 0 unspecified atom stereocenters. The van der Waals surface area contributed by atoms with Crippen molar-refractivity contribution in [1.29, 1.82) is 0 Å². The minimum absolute atomic E-state index is 0.114. The Hall–Kier alpha value is -1.46. The van der Waals surface area contributed by atoms with E-state index in [4.69, 9.17) is 5.73 Å². The van der Waals surface area contributed by atoms with Crippen molar-refractivity contribution in [3.8, 4) is 0 Å². The van der Waals surface area contributed by atoms with Gasteiger partial charge in [0, 0.05) is 13.1 Å². The number of aromatic nitrogens is 1. The Balaban J connectivity index is 3.17. The van der Waals surface area contributed by atoms with Crippen molar-refractivity contribution in [3.05, 3.63) is 17.7 Å². The lowest BCUT2D eigenvalue weighted by atomic mass is 10.2. The van der Waals surface area contributed by atoms with Gasteiger partial charge in [0.1, 0.15) is 11.6 Å². The molecule has 0 saturated heterocycles. The zero-order valence-corrected chi connectivity index (χ0v) is 9.17. The maximum atomic E-state index is 12.5. The standard InChI is InChI=1S/C10H14F3N3/c1-3-16(4-2)9-6-7(10(11,12)13)5-8(14)15-9/h5-6H,3-4H2,1-2H3,(H2,14,15). The van der Waals surface area contributed by atoms with Gasteiger partial charge in [-0.2, -0.15) is 13.2 Å². The third kappa shape index (κ3) is 2.77. The molecule has 90 valence electrons. The monoisotopic (exact) mass is 233 g/mol. The summed E-state index contributed by atoms with van der Waals surface area (Å²) in [4.78, 5) is 5.61. The van der Waals surface area contributed by atoms with E-state index in [0.717, 1.165) is 12.1 Å². The molecular weight excluding hydrogens is 219 g/mol. The number of rotatable bonds is 3. The molecule has 0 atom stereocenters. The molecule has 1 heterocycles. The molecule has 0 saturated carbocycles. The van der Waals surface area contributed by atoms with Crippen molar-refractivity contribution < 1.29 is 13.2 Å². The molecule has 0 radical (unpaired) electrons. The first kappa shape index (κ1) is 12.6. The highest BCUT2D eigenvalue weighted by Crippen LogP contribution is 2.32. The number of alkyl halides is 3. The van der Waals surface area contributed by atoms with Crippen molar-refractivity contribution in [3.63, 3.8) is 0 Å². The van der Waals surface area contributed by atoms with Crippen molar-refractivity contribution in [1.82, 2.24) is 4.98 Å². The minimum atomic E-state index is -4.39. The first-order valence-corrected chi connectivity index (χ1v) is 4.98. The zero-order valence-electron chi connectivity index (χ0n) is 9.17. The lowest BCUT2D eigenvalue weighted by molar-refractivity contribution is -0.137. The summed E-state index contributed by atoms with van der Waals surface area (Å²) in [6.45, 7) is 4.87. The van der Waals surface area contributed by atoms with Crippen LogP contribution in [-0.4, -0.2) is 18.1 Å². The Morgan fingerprint density at radius 1 is 1.25 bits per heavy atom. The highest BCUT2D eigenvalue weighted by molar-refractivity contribution is 5.49. The number of pyridine rings is 1. The van der Waals surface area contributed by atoms with Crippen LogP contribution in [0, 0.1) is 0 Å². The van der Waals surface area contributed by atoms with E-state index in [1.54, 1.807) is 4.90 Å². The lowest BCUT2D eigenvalue weighted by Crippen LogP contribution is -2.24. The van der Waals surface area contributed by atoms with Gasteiger partial charge in [0.25, 0.3) is 0 Å². The number of halogens is 3. The van der Waals surface area contributed by atoms with Gasteiger partial charge in [-0.1, -0.05) is 0 Å². The van der Waals surface area contributed by atoms with Crippen LogP contribution in [0.25, 0.3) is 0 Å². The van der Waals surface area contributed by atoms with Gasteiger partial charge in [-0.05, 0) is 26.0 Å². The maximum absolute atomic E-state index is 12.5. The Labute approximate surface area is 92.1 Å². The molecule has 1 aromatic heterocycles. The van der Waals surface area contributed by atoms with Crippen molar-refractivity contribution in [2.24, 2.45) is 0 Å². The van der Waals surface area contributed by atoms with Crippen molar-refractivity contribution in [2.45, 2.75) is 20.0 Å². The van der Waals surface area contributed by atoms with E-state index < -0.39 is 11.7 Å². The Bertz CT molecular complexity index is 359. The Kier molecular flexibility index (Phi) is 3.62. The molecule has 0 fully saturated rings. The molecule has 0 bridgehead atoms. The van der Waals surface area contributed by atoms with Crippen LogP contribution in [0.4, 0.5) is 24.8 Å². The van der Waals surface area contributed by atoms with Gasteiger partial charge in [0.2, 0.25) is 0 Å². The molecule has 0 aliphatic heterocycles. The summed E-state index contributed by atoms with van der Waals surface area (Å²) in [5.74, 6) is 0.147. The fraction of sp³-hybridized carbons (Fsp3) is 0.500. The molecule has 0 aliphatic rings. The van der Waals surface area contributed by atoms with E-state index in [1.807, 2.05) is 13.8 Å². The molecule has 0 aromatic carbocycles. The van der Waals surface area contributed by atoms with Crippen LogP contribution in [0.3, 0.4) is 0 Å². The van der Waals surface area contributed by atoms with Gasteiger partial charge in [-0.3, -0.25) is 0 Å². The first-order valence-electron chi connectivity index (χ1n) is 4.98. The third-order valence-electron chi connectivity index (χ3n) is 2.25. The average molecular weight is 233 g/mol. The number of nitrogens with two attached hydrogens (primary N) is 1. The highest BCUT2D eigenvalue weighted by Gasteiger charge is 2.31. The predicted octanol–water partition coefficient (Wildman–Crippen LogP) is 2.53. The second-order valence-corrected chi connectivity index (χ2v) is 3.31. The van der Waals surface area contributed by atoms with Gasteiger partial charge in [0.05, 0.1) is 5.56 Å². The number of hydrogen-bond donors (Lipinski definition) is 1. The molecule has 6 heteroatoms. The largest absolute Gasteiger partial charge is 0.416 e. The van der Waals surface area contributed by atoms with Gasteiger partial charge in [-0.15, -0.1) is 0 Å². The third-order valence-corrected chi connectivity index (χ3v) is 2.25. The summed E-state index contributed by atoms with van der Waals surface area (Å²) in [5, 5.41) is 0. The maximum Gasteiger partial charge on any atom is 0.416 e. The summed E-state index contributed by atoms with van der Waals surface area (Å²) in [6, 6.07) is 1.86. The van der Waals surface area contributed by atoms with Gasteiger partial charge >= 0.3 is 6.18 Å². The van der Waals surface area contributed by atoms with E-state index in [-0.39, 0.29) is 11.6 Å². The summed E-state index contributed by atoms with van der Waals surface area (Å²) >= 11 is 0. The average Bonchev–Trinajstić information content (AvgIpc) is 2.17. The molecule has 2 N–H and O–H groups in total. The van der Waals surface area contributed by atoms with Crippen molar-refractivity contribution >= 4 is 11.6 Å². The Morgan fingerprint density at radius 3 is 2.25 bits per heavy atom. The zero-order chi connectivity index (χ0) is 12.3. The van der Waals surface area contributed by atoms with E-state index in [0.29, 0.717) is 13.1 Å². The smallest absolute Gasteiger partial charge is 0.384 e. The van der Waals surface area contributed by atoms with Crippen LogP contribution in [0.2, 0.25) is 0 Å². The number of nitrogens with zero attached hydrogens (tertiary/aromatic N) is 2. The van der Waals surface area contributed by atoms with Gasteiger partial charge in [0.15, 0.2) is 0 Å². The van der Waals surface area contributed by atoms with E-state index in [9.17, 15) is 13.2 Å². The fourth-order valence-electron chi connectivity index (χ4n) is 1.41. The van der Waals surface area contributed by atoms with Crippen LogP contribution in [0.5, 0.6) is 0 Å². The second kappa shape index (κ2) is 4.59. The second-order valence-electron chi connectivity index (χ2n) is 3.31. The minimum Gasteiger partial charge on any atom is -0.384 e. The summed E-state index contributed by atoms with van der Waals surface area (Å²) < 4.78 is 37.6. The first-order chi connectivity index (χ1) is 7.38. The lowest BCUT2D eigenvalue weighted by Gasteiger charge is -2.21. The summed E-state index contributed by atoms with van der Waals surface area (Å²) in [5.41, 5.74) is 4.60. The SMILES string of the molecule is CCN(CC)c1cc(C(F)(F)F)cc(N)n1. The molecule has 1 rings (SSSR count). The number of hydrogen-bond acceptors (Lipinski definition) is 3. The van der Waals surface area contributed by atoms with Crippen LogP contribution < -0.4 is 10.6 Å². The van der Waals surface area contributed by atoms with Crippen molar-refractivity contribution in [2.75, 3.05) is 23.7 Å². The molecule has 1 aromatic rings. The molecule has 0 spiro atoms. The molecular formula is C10H14F3N3. The van der Waals surface area contributed by atoms with Crippen LogP contribution in [0.1, 0.15) is 19.4 Å².